The van der Waals surface area contributed by atoms with Crippen LogP contribution < -0.4 is 5.32 Å². The van der Waals surface area contributed by atoms with Gasteiger partial charge in [-0.1, -0.05) is 0 Å². The van der Waals surface area contributed by atoms with Gasteiger partial charge in [-0.2, -0.15) is 0 Å². The van der Waals surface area contributed by atoms with Gasteiger partial charge in [0.15, 0.2) is 0 Å². The van der Waals surface area contributed by atoms with Crippen molar-refractivity contribution in [2.75, 3.05) is 59.9 Å². The Morgan fingerprint density at radius 3 is 2.19 bits per heavy atom. The maximum Gasteiger partial charge on any atom is 0.0137 e. The van der Waals surface area contributed by atoms with Crippen molar-refractivity contribution in [3.05, 3.63) is 0 Å². The molecule has 2 unspecified atom stereocenters. The molecule has 1 aliphatic carbocycles. The van der Waals surface area contributed by atoms with Crippen molar-refractivity contribution in [3.8, 4) is 0 Å². The van der Waals surface area contributed by atoms with Gasteiger partial charge in [0.1, 0.15) is 0 Å². The minimum absolute atomic E-state index is 0.255. The molecule has 0 radical (unpaired) electrons. The molecule has 0 aromatic carbocycles. The molecule has 0 amide bonds. The molecule has 0 aromatic rings. The molecule has 4 nitrogen and oxygen atoms in total. The van der Waals surface area contributed by atoms with Crippen molar-refractivity contribution in [1.29, 1.82) is 0 Å². The minimum Gasteiger partial charge on any atom is -0.312 e. The molecule has 0 spiro atoms. The third-order valence-electron chi connectivity index (χ3n) is 5.01. The highest BCUT2D eigenvalue weighted by Crippen LogP contribution is 2.32. The van der Waals surface area contributed by atoms with E-state index in [1.165, 1.54) is 58.7 Å². The summed E-state index contributed by atoms with van der Waals surface area (Å²) in [5.74, 6) is 0.873. The van der Waals surface area contributed by atoms with Crippen LogP contribution in [0.1, 0.15) is 33.6 Å². The largest absolute Gasteiger partial charge is 0.312 e. The van der Waals surface area contributed by atoms with Crippen molar-refractivity contribution in [2.45, 2.75) is 45.2 Å². The van der Waals surface area contributed by atoms with Crippen LogP contribution in [0, 0.1) is 5.92 Å². The normalized spacial score (nSPS) is 28.9. The van der Waals surface area contributed by atoms with E-state index in [0.29, 0.717) is 0 Å². The third kappa shape index (κ3) is 5.51. The summed E-state index contributed by atoms with van der Waals surface area (Å²) >= 11 is 0. The van der Waals surface area contributed by atoms with E-state index in [-0.39, 0.29) is 5.54 Å². The van der Waals surface area contributed by atoms with Crippen LogP contribution in [-0.2, 0) is 0 Å². The van der Waals surface area contributed by atoms with Crippen molar-refractivity contribution >= 4 is 0 Å². The topological polar surface area (TPSA) is 21.8 Å². The van der Waals surface area contributed by atoms with Crippen molar-refractivity contribution in [1.82, 2.24) is 20.0 Å². The Morgan fingerprint density at radius 1 is 1.05 bits per heavy atom. The minimum atomic E-state index is 0.255. The number of hydrogen-bond donors (Lipinski definition) is 1. The molecule has 124 valence electrons. The van der Waals surface area contributed by atoms with E-state index in [4.69, 9.17) is 0 Å². The van der Waals surface area contributed by atoms with E-state index in [2.05, 4.69) is 54.9 Å². The van der Waals surface area contributed by atoms with E-state index in [0.717, 1.165) is 12.0 Å². The molecule has 2 rings (SSSR count). The fourth-order valence-electron chi connectivity index (χ4n) is 3.37. The van der Waals surface area contributed by atoms with E-state index in [1.807, 2.05) is 0 Å². The summed E-state index contributed by atoms with van der Waals surface area (Å²) in [5.41, 5.74) is 0.255. The number of likely N-dealkylation sites (N-methyl/N-ethyl adjacent to an activating group) is 1. The predicted octanol–water partition coefficient (Wildman–Crippen LogP) is 1.33. The Morgan fingerprint density at radius 2 is 1.71 bits per heavy atom. The molecule has 1 aliphatic heterocycles. The first-order valence-electron chi connectivity index (χ1n) is 8.71. The van der Waals surface area contributed by atoms with Gasteiger partial charge < -0.3 is 10.2 Å². The average Bonchev–Trinajstić information content (AvgIpc) is 2.35. The highest BCUT2D eigenvalue weighted by molar-refractivity contribution is 4.93. The summed E-state index contributed by atoms with van der Waals surface area (Å²) in [6.45, 7) is 15.4. The molecule has 1 saturated heterocycles. The molecule has 4 heteroatoms. The average molecular weight is 297 g/mol. The van der Waals surface area contributed by atoms with Crippen molar-refractivity contribution in [3.63, 3.8) is 0 Å². The predicted molar refractivity (Wildman–Crippen MR) is 90.8 cm³/mol. The highest BCUT2D eigenvalue weighted by atomic mass is 15.3. The van der Waals surface area contributed by atoms with Crippen LogP contribution in [0.4, 0.5) is 0 Å². The molecule has 2 aliphatic rings. The molecule has 1 N–H and O–H groups in total. The first-order valence-corrected chi connectivity index (χ1v) is 8.71. The van der Waals surface area contributed by atoms with Crippen LogP contribution in [0.2, 0.25) is 0 Å². The van der Waals surface area contributed by atoms with Gasteiger partial charge in [-0.3, -0.25) is 9.80 Å². The summed E-state index contributed by atoms with van der Waals surface area (Å²) in [6.07, 6.45) is 2.82. The number of piperazine rings is 1. The van der Waals surface area contributed by atoms with Crippen LogP contribution in [0.25, 0.3) is 0 Å². The van der Waals surface area contributed by atoms with Gasteiger partial charge in [0, 0.05) is 50.8 Å². The van der Waals surface area contributed by atoms with Gasteiger partial charge in [0.05, 0.1) is 0 Å². The standard InChI is InChI=1S/C17H36N4/c1-17(2,3)18-14-15-6-7-16(15)21-12-10-20(11-13-21)9-8-19(4)5/h15-16,18H,6-14H2,1-5H3. The summed E-state index contributed by atoms with van der Waals surface area (Å²) in [7, 11) is 4.33. The lowest BCUT2D eigenvalue weighted by molar-refractivity contribution is 0.0179. The molecule has 0 aromatic heterocycles. The summed E-state index contributed by atoms with van der Waals surface area (Å²) in [6, 6.07) is 0.843. The zero-order valence-electron chi connectivity index (χ0n) is 14.9. The lowest BCUT2D eigenvalue weighted by Gasteiger charge is -2.48. The number of rotatable bonds is 6. The monoisotopic (exact) mass is 296 g/mol. The van der Waals surface area contributed by atoms with Crippen LogP contribution in [0.5, 0.6) is 0 Å². The molecular weight excluding hydrogens is 260 g/mol. The zero-order valence-corrected chi connectivity index (χ0v) is 14.9. The third-order valence-corrected chi connectivity index (χ3v) is 5.01. The lowest BCUT2D eigenvalue weighted by atomic mass is 9.77. The van der Waals surface area contributed by atoms with E-state index in [9.17, 15) is 0 Å². The molecule has 2 atom stereocenters. The van der Waals surface area contributed by atoms with Crippen LogP contribution in [-0.4, -0.2) is 86.2 Å². The van der Waals surface area contributed by atoms with Crippen molar-refractivity contribution in [2.24, 2.45) is 5.92 Å². The first-order chi connectivity index (χ1) is 9.85. The summed E-state index contributed by atoms with van der Waals surface area (Å²) < 4.78 is 0. The van der Waals surface area contributed by atoms with Gasteiger partial charge in [-0.15, -0.1) is 0 Å². The lowest BCUT2D eigenvalue weighted by Crippen LogP contribution is -2.58. The van der Waals surface area contributed by atoms with Crippen molar-refractivity contribution < 1.29 is 0 Å². The maximum atomic E-state index is 3.69. The van der Waals surface area contributed by atoms with Crippen LogP contribution in [0.15, 0.2) is 0 Å². The Hall–Kier alpha value is -0.160. The summed E-state index contributed by atoms with van der Waals surface area (Å²) in [5, 5.41) is 3.69. The second-order valence-corrected chi connectivity index (χ2v) is 8.22. The number of hydrogen-bond acceptors (Lipinski definition) is 4. The zero-order chi connectivity index (χ0) is 15.5. The molecule has 21 heavy (non-hydrogen) atoms. The number of nitrogens with zero attached hydrogens (tertiary/aromatic N) is 3. The van der Waals surface area contributed by atoms with Gasteiger partial charge in [0.25, 0.3) is 0 Å². The molecular formula is C17H36N4. The van der Waals surface area contributed by atoms with Crippen LogP contribution >= 0.6 is 0 Å². The fourth-order valence-corrected chi connectivity index (χ4v) is 3.37. The quantitative estimate of drug-likeness (QED) is 0.798. The van der Waals surface area contributed by atoms with Crippen LogP contribution in [0.3, 0.4) is 0 Å². The Balaban J connectivity index is 1.68. The Kier molecular flexibility index (Phi) is 6.06. The SMILES string of the molecule is CN(C)CCN1CCN(C2CCC2CNC(C)(C)C)CC1. The first kappa shape index (κ1) is 17.2. The maximum absolute atomic E-state index is 3.69. The van der Waals surface area contributed by atoms with Gasteiger partial charge in [-0.25, -0.2) is 0 Å². The van der Waals surface area contributed by atoms with E-state index < -0.39 is 0 Å². The Bertz CT molecular complexity index is 302. The van der Waals surface area contributed by atoms with Gasteiger partial charge >= 0.3 is 0 Å². The van der Waals surface area contributed by atoms with E-state index in [1.54, 1.807) is 0 Å². The Labute approximate surface area is 131 Å². The fraction of sp³-hybridized carbons (Fsp3) is 1.00. The smallest absolute Gasteiger partial charge is 0.0137 e. The highest BCUT2D eigenvalue weighted by Gasteiger charge is 2.36. The van der Waals surface area contributed by atoms with E-state index >= 15 is 0 Å². The second kappa shape index (κ2) is 7.40. The number of nitrogens with one attached hydrogen (secondary N) is 1. The molecule has 1 heterocycles. The second-order valence-electron chi connectivity index (χ2n) is 8.22. The molecule has 0 bridgehead atoms. The summed E-state index contributed by atoms with van der Waals surface area (Å²) in [4.78, 5) is 7.66. The molecule has 1 saturated carbocycles. The molecule has 2 fully saturated rings. The van der Waals surface area contributed by atoms with Gasteiger partial charge in [0.2, 0.25) is 0 Å². The van der Waals surface area contributed by atoms with Gasteiger partial charge in [-0.05, 0) is 60.2 Å².